The molecule has 3 unspecified atom stereocenters. The van der Waals surface area contributed by atoms with Crippen molar-refractivity contribution in [3.63, 3.8) is 0 Å². The van der Waals surface area contributed by atoms with E-state index in [1.807, 2.05) is 6.92 Å². The predicted molar refractivity (Wildman–Crippen MR) is 73.9 cm³/mol. The first-order valence-electron chi connectivity index (χ1n) is 7.00. The molecule has 0 radical (unpaired) electrons. The molecule has 0 saturated heterocycles. The van der Waals surface area contributed by atoms with Crippen LogP contribution in [0.1, 0.15) is 52.1 Å². The van der Waals surface area contributed by atoms with Gasteiger partial charge in [-0.3, -0.25) is 0 Å². The first-order chi connectivity index (χ1) is 8.80. The minimum absolute atomic E-state index is 0.152. The van der Waals surface area contributed by atoms with Gasteiger partial charge in [0.2, 0.25) is 0 Å². The highest BCUT2D eigenvalue weighted by Crippen LogP contribution is 2.41. The maximum absolute atomic E-state index is 13.7. The van der Waals surface area contributed by atoms with Crippen LogP contribution in [0.4, 0.5) is 8.78 Å². The Labute approximate surface area is 114 Å². The van der Waals surface area contributed by atoms with Crippen LogP contribution in [0.3, 0.4) is 0 Å². The Kier molecular flexibility index (Phi) is 3.95. The van der Waals surface area contributed by atoms with E-state index < -0.39 is 11.6 Å². The molecule has 1 fully saturated rings. The molecule has 19 heavy (non-hydrogen) atoms. The molecule has 1 aliphatic rings. The molecule has 0 aliphatic heterocycles. The molecule has 106 valence electrons. The molecule has 1 saturated carbocycles. The summed E-state index contributed by atoms with van der Waals surface area (Å²) in [5.41, 5.74) is 0.462. The lowest BCUT2D eigenvalue weighted by molar-refractivity contribution is 0.352. The van der Waals surface area contributed by atoms with Crippen molar-refractivity contribution in [2.45, 2.75) is 52.6 Å². The number of rotatable bonds is 3. The summed E-state index contributed by atoms with van der Waals surface area (Å²) in [7, 11) is 0. The van der Waals surface area contributed by atoms with Gasteiger partial charge in [0.15, 0.2) is 0 Å². The lowest BCUT2D eigenvalue weighted by atomic mass is 9.91. The number of nitrogens with one attached hydrogen (secondary N) is 1. The third kappa shape index (κ3) is 3.14. The second kappa shape index (κ2) is 5.20. The van der Waals surface area contributed by atoms with Gasteiger partial charge in [0.05, 0.1) is 0 Å². The van der Waals surface area contributed by atoms with E-state index in [9.17, 15) is 8.78 Å². The SMILES string of the molecule is CC(NC1CC(C)(C)CC1C)c1c(F)cccc1F. The van der Waals surface area contributed by atoms with Gasteiger partial charge < -0.3 is 5.32 Å². The van der Waals surface area contributed by atoms with Gasteiger partial charge in [0, 0.05) is 17.6 Å². The summed E-state index contributed by atoms with van der Waals surface area (Å²) in [5, 5.41) is 3.40. The predicted octanol–water partition coefficient (Wildman–Crippen LogP) is 4.44. The maximum Gasteiger partial charge on any atom is 0.130 e. The molecule has 0 bridgehead atoms. The molecule has 1 N–H and O–H groups in total. The second-order valence-corrected chi connectivity index (χ2v) is 6.68. The standard InChI is InChI=1S/C16H23F2N/c1-10-8-16(3,4)9-14(10)19-11(2)15-12(17)6-5-7-13(15)18/h5-7,10-11,14,19H,8-9H2,1-4H3. The van der Waals surface area contributed by atoms with E-state index in [1.54, 1.807) is 0 Å². The second-order valence-electron chi connectivity index (χ2n) is 6.68. The van der Waals surface area contributed by atoms with Crippen LogP contribution in [-0.2, 0) is 0 Å². The summed E-state index contributed by atoms with van der Waals surface area (Å²) < 4.78 is 27.5. The van der Waals surface area contributed by atoms with Crippen molar-refractivity contribution in [1.82, 2.24) is 5.32 Å². The topological polar surface area (TPSA) is 12.0 Å². The number of hydrogen-bond donors (Lipinski definition) is 1. The third-order valence-corrected chi connectivity index (χ3v) is 4.23. The minimum Gasteiger partial charge on any atom is -0.307 e. The van der Waals surface area contributed by atoms with Gasteiger partial charge in [-0.1, -0.05) is 26.8 Å². The average molecular weight is 267 g/mol. The van der Waals surface area contributed by atoms with Crippen LogP contribution in [0.5, 0.6) is 0 Å². The molecule has 0 amide bonds. The molecular weight excluding hydrogens is 244 g/mol. The summed E-state index contributed by atoms with van der Waals surface area (Å²) >= 11 is 0. The van der Waals surface area contributed by atoms with E-state index >= 15 is 0 Å². The lowest BCUT2D eigenvalue weighted by Gasteiger charge is -2.24. The Morgan fingerprint density at radius 3 is 2.26 bits per heavy atom. The molecule has 1 aromatic carbocycles. The van der Waals surface area contributed by atoms with Gasteiger partial charge in [-0.15, -0.1) is 0 Å². The molecule has 1 nitrogen and oxygen atoms in total. The Balaban J connectivity index is 2.12. The van der Waals surface area contributed by atoms with Crippen LogP contribution in [-0.4, -0.2) is 6.04 Å². The largest absolute Gasteiger partial charge is 0.307 e. The molecule has 0 spiro atoms. The maximum atomic E-state index is 13.7. The normalized spacial score (nSPS) is 27.5. The van der Waals surface area contributed by atoms with E-state index in [1.165, 1.54) is 18.2 Å². The molecule has 0 heterocycles. The van der Waals surface area contributed by atoms with Crippen molar-refractivity contribution < 1.29 is 8.78 Å². The van der Waals surface area contributed by atoms with Crippen molar-refractivity contribution in [3.05, 3.63) is 35.4 Å². The Hall–Kier alpha value is -0.960. The monoisotopic (exact) mass is 267 g/mol. The highest BCUT2D eigenvalue weighted by molar-refractivity contribution is 5.23. The summed E-state index contributed by atoms with van der Waals surface area (Å²) in [6.45, 7) is 8.54. The summed E-state index contributed by atoms with van der Waals surface area (Å²) in [4.78, 5) is 0. The Bertz CT molecular complexity index is 436. The summed E-state index contributed by atoms with van der Waals surface area (Å²) in [5.74, 6) is -0.401. The van der Waals surface area contributed by atoms with Crippen molar-refractivity contribution >= 4 is 0 Å². The third-order valence-electron chi connectivity index (χ3n) is 4.23. The van der Waals surface area contributed by atoms with Gasteiger partial charge in [-0.05, 0) is 43.2 Å². The van der Waals surface area contributed by atoms with Gasteiger partial charge in [-0.25, -0.2) is 8.78 Å². The highest BCUT2D eigenvalue weighted by atomic mass is 19.1. The molecule has 1 aromatic rings. The highest BCUT2D eigenvalue weighted by Gasteiger charge is 2.37. The van der Waals surface area contributed by atoms with Gasteiger partial charge >= 0.3 is 0 Å². The van der Waals surface area contributed by atoms with Gasteiger partial charge in [-0.2, -0.15) is 0 Å². The van der Waals surface area contributed by atoms with Gasteiger partial charge in [0.1, 0.15) is 11.6 Å². The molecule has 3 atom stereocenters. The van der Waals surface area contributed by atoms with E-state index in [0.29, 0.717) is 17.4 Å². The first kappa shape index (κ1) is 14.4. The molecule has 0 aromatic heterocycles. The van der Waals surface area contributed by atoms with Crippen LogP contribution in [0.25, 0.3) is 0 Å². The Morgan fingerprint density at radius 2 is 1.79 bits per heavy atom. The summed E-state index contributed by atoms with van der Waals surface area (Å²) in [6, 6.07) is 4.06. The number of halogens is 2. The number of benzene rings is 1. The van der Waals surface area contributed by atoms with E-state index in [0.717, 1.165) is 12.8 Å². The van der Waals surface area contributed by atoms with E-state index in [2.05, 4.69) is 26.1 Å². The zero-order valence-corrected chi connectivity index (χ0v) is 12.1. The molecule has 3 heteroatoms. The average Bonchev–Trinajstić information content (AvgIpc) is 2.51. The zero-order chi connectivity index (χ0) is 14.2. The molecular formula is C16H23F2N. The van der Waals surface area contributed by atoms with Crippen LogP contribution >= 0.6 is 0 Å². The van der Waals surface area contributed by atoms with Crippen molar-refractivity contribution in [1.29, 1.82) is 0 Å². The van der Waals surface area contributed by atoms with Crippen LogP contribution in [0, 0.1) is 23.0 Å². The zero-order valence-electron chi connectivity index (χ0n) is 12.1. The quantitative estimate of drug-likeness (QED) is 0.853. The molecule has 2 rings (SSSR count). The van der Waals surface area contributed by atoms with Crippen LogP contribution in [0.15, 0.2) is 18.2 Å². The first-order valence-corrected chi connectivity index (χ1v) is 7.00. The summed E-state index contributed by atoms with van der Waals surface area (Å²) in [6.07, 6.45) is 2.20. The number of hydrogen-bond acceptors (Lipinski definition) is 1. The van der Waals surface area contributed by atoms with Crippen LogP contribution in [0.2, 0.25) is 0 Å². The fraction of sp³-hybridized carbons (Fsp3) is 0.625. The van der Waals surface area contributed by atoms with Crippen molar-refractivity contribution in [3.8, 4) is 0 Å². The minimum atomic E-state index is -0.468. The van der Waals surface area contributed by atoms with Crippen LogP contribution < -0.4 is 5.32 Å². The van der Waals surface area contributed by atoms with Gasteiger partial charge in [0.25, 0.3) is 0 Å². The van der Waals surface area contributed by atoms with E-state index in [-0.39, 0.29) is 11.6 Å². The lowest BCUT2D eigenvalue weighted by Crippen LogP contribution is -2.34. The van der Waals surface area contributed by atoms with Crippen molar-refractivity contribution in [2.24, 2.45) is 11.3 Å². The Morgan fingerprint density at radius 1 is 1.21 bits per heavy atom. The smallest absolute Gasteiger partial charge is 0.130 e. The molecule has 1 aliphatic carbocycles. The fourth-order valence-electron chi connectivity index (χ4n) is 3.45. The van der Waals surface area contributed by atoms with E-state index in [4.69, 9.17) is 0 Å². The van der Waals surface area contributed by atoms with Crippen molar-refractivity contribution in [2.75, 3.05) is 0 Å². The fourth-order valence-corrected chi connectivity index (χ4v) is 3.45.